The van der Waals surface area contributed by atoms with Crippen molar-refractivity contribution in [3.05, 3.63) is 70.2 Å². The molecule has 1 fully saturated rings. The fourth-order valence-electron chi connectivity index (χ4n) is 2.47. The maximum absolute atomic E-state index is 13.7. The highest BCUT2D eigenvalue weighted by molar-refractivity contribution is 6.30. The minimum Gasteiger partial charge on any atom is -0.345 e. The molecule has 0 saturated heterocycles. The molecule has 0 bridgehead atoms. The summed E-state index contributed by atoms with van der Waals surface area (Å²) < 4.78 is 26.6. The molecule has 22 heavy (non-hydrogen) atoms. The highest BCUT2D eigenvalue weighted by Gasteiger charge is 2.33. The fourth-order valence-corrected chi connectivity index (χ4v) is 2.59. The second kappa shape index (κ2) is 6.05. The molecule has 0 aromatic heterocycles. The van der Waals surface area contributed by atoms with E-state index in [0.717, 1.165) is 30.5 Å². The van der Waals surface area contributed by atoms with Gasteiger partial charge in [-0.2, -0.15) is 0 Å². The summed E-state index contributed by atoms with van der Waals surface area (Å²) in [4.78, 5) is 12.3. The lowest BCUT2D eigenvalue weighted by molar-refractivity contribution is 0.0927. The van der Waals surface area contributed by atoms with Crippen molar-refractivity contribution in [3.63, 3.8) is 0 Å². The molecule has 0 heterocycles. The number of amides is 1. The third-order valence-corrected chi connectivity index (χ3v) is 4.04. The van der Waals surface area contributed by atoms with Crippen molar-refractivity contribution in [1.29, 1.82) is 0 Å². The molecule has 2 nitrogen and oxygen atoms in total. The van der Waals surface area contributed by atoms with Crippen LogP contribution in [0.5, 0.6) is 0 Å². The number of carbonyl (C=O) groups excluding carboxylic acids is 1. The minimum atomic E-state index is -0.858. The van der Waals surface area contributed by atoms with Crippen LogP contribution in [0.3, 0.4) is 0 Å². The molecule has 2 aromatic carbocycles. The summed E-state index contributed by atoms with van der Waals surface area (Å²) in [5.41, 5.74) is 0.781. The average molecular weight is 322 g/mol. The Labute approximate surface area is 132 Å². The van der Waals surface area contributed by atoms with Crippen molar-refractivity contribution in [1.82, 2.24) is 5.32 Å². The van der Waals surface area contributed by atoms with Gasteiger partial charge in [-0.3, -0.25) is 4.79 Å². The number of hydrogen-bond acceptors (Lipinski definition) is 1. The molecule has 1 amide bonds. The largest absolute Gasteiger partial charge is 0.345 e. The number of carbonyl (C=O) groups is 1. The third kappa shape index (κ3) is 3.28. The number of rotatable bonds is 4. The Bertz CT molecular complexity index is 698. The molecule has 1 aliphatic rings. The Hall–Kier alpha value is -1.94. The zero-order valence-electron chi connectivity index (χ0n) is 11.7. The average Bonchev–Trinajstić information content (AvgIpc) is 3.30. The smallest absolute Gasteiger partial charge is 0.254 e. The Balaban J connectivity index is 1.82. The Morgan fingerprint density at radius 2 is 1.82 bits per heavy atom. The lowest BCUT2D eigenvalue weighted by Crippen LogP contribution is -2.30. The van der Waals surface area contributed by atoms with Crippen LogP contribution in [-0.4, -0.2) is 5.91 Å². The summed E-state index contributed by atoms with van der Waals surface area (Å²) in [5.74, 6) is -1.76. The van der Waals surface area contributed by atoms with Gasteiger partial charge < -0.3 is 5.32 Å². The van der Waals surface area contributed by atoms with Crippen LogP contribution in [0.1, 0.15) is 34.8 Å². The van der Waals surface area contributed by atoms with Crippen LogP contribution in [0.4, 0.5) is 8.78 Å². The second-order valence-corrected chi connectivity index (χ2v) is 5.90. The zero-order chi connectivity index (χ0) is 15.7. The second-order valence-electron chi connectivity index (χ2n) is 5.46. The molecule has 0 spiro atoms. The van der Waals surface area contributed by atoms with Gasteiger partial charge in [0.1, 0.15) is 11.6 Å². The van der Waals surface area contributed by atoms with Crippen molar-refractivity contribution < 1.29 is 13.6 Å². The quantitative estimate of drug-likeness (QED) is 0.882. The molecule has 0 unspecified atom stereocenters. The lowest BCUT2D eigenvalue weighted by atomic mass is 10.0. The van der Waals surface area contributed by atoms with Crippen LogP contribution in [0.25, 0.3) is 0 Å². The minimum absolute atomic E-state index is 0.152. The molecule has 114 valence electrons. The van der Waals surface area contributed by atoms with Crippen LogP contribution >= 0.6 is 11.6 Å². The Morgan fingerprint density at radius 3 is 2.41 bits per heavy atom. The number of nitrogens with one attached hydrogen (secondary N) is 1. The Morgan fingerprint density at radius 1 is 1.14 bits per heavy atom. The fraction of sp³-hybridized carbons (Fsp3) is 0.235. The van der Waals surface area contributed by atoms with E-state index >= 15 is 0 Å². The van der Waals surface area contributed by atoms with E-state index in [2.05, 4.69) is 5.32 Å². The SMILES string of the molecule is O=C(N[C@H](c1ccc(Cl)cc1)C1CC1)c1ccc(F)cc1F. The monoisotopic (exact) mass is 321 g/mol. The predicted octanol–water partition coefficient (Wildman–Crippen LogP) is 4.50. The van der Waals surface area contributed by atoms with Gasteiger partial charge >= 0.3 is 0 Å². The van der Waals surface area contributed by atoms with E-state index in [1.165, 1.54) is 0 Å². The van der Waals surface area contributed by atoms with E-state index in [1.54, 1.807) is 12.1 Å². The molecule has 0 aliphatic heterocycles. The van der Waals surface area contributed by atoms with E-state index in [0.29, 0.717) is 17.0 Å². The molecular formula is C17H14ClF2NO. The summed E-state index contributed by atoms with van der Waals surface area (Å²) in [6, 6.07) is 9.99. The van der Waals surface area contributed by atoms with Crippen LogP contribution in [-0.2, 0) is 0 Å². The first kappa shape index (κ1) is 15.0. The topological polar surface area (TPSA) is 29.1 Å². The maximum Gasteiger partial charge on any atom is 0.254 e. The molecule has 3 rings (SSSR count). The van der Waals surface area contributed by atoms with Gasteiger partial charge in [-0.1, -0.05) is 23.7 Å². The van der Waals surface area contributed by atoms with E-state index in [9.17, 15) is 13.6 Å². The number of hydrogen-bond donors (Lipinski definition) is 1. The molecule has 1 saturated carbocycles. The van der Waals surface area contributed by atoms with Crippen molar-refractivity contribution in [3.8, 4) is 0 Å². The van der Waals surface area contributed by atoms with E-state index in [1.807, 2.05) is 12.1 Å². The normalized spacial score (nSPS) is 15.4. The third-order valence-electron chi connectivity index (χ3n) is 3.78. The summed E-state index contributed by atoms with van der Waals surface area (Å²) in [6.07, 6.45) is 2.03. The van der Waals surface area contributed by atoms with Crippen molar-refractivity contribution in [2.45, 2.75) is 18.9 Å². The van der Waals surface area contributed by atoms with Crippen LogP contribution in [0.2, 0.25) is 5.02 Å². The standard InChI is InChI=1S/C17H14ClF2NO/c18-12-5-3-11(4-6-12)16(10-1-2-10)21-17(22)14-8-7-13(19)9-15(14)20/h3-10,16H,1-2H2,(H,21,22)/t16-/m0/s1. The molecule has 2 aromatic rings. The van der Waals surface area contributed by atoms with Gasteiger partial charge in [-0.15, -0.1) is 0 Å². The van der Waals surface area contributed by atoms with Crippen LogP contribution in [0, 0.1) is 17.6 Å². The van der Waals surface area contributed by atoms with Crippen molar-refractivity contribution in [2.75, 3.05) is 0 Å². The molecule has 1 N–H and O–H groups in total. The van der Waals surface area contributed by atoms with Gasteiger partial charge in [-0.05, 0) is 48.6 Å². The first-order valence-electron chi connectivity index (χ1n) is 7.06. The molecule has 5 heteroatoms. The summed E-state index contributed by atoms with van der Waals surface area (Å²) >= 11 is 5.88. The van der Waals surface area contributed by atoms with Gasteiger partial charge in [0.05, 0.1) is 11.6 Å². The van der Waals surface area contributed by atoms with Gasteiger partial charge in [0, 0.05) is 11.1 Å². The van der Waals surface area contributed by atoms with Crippen molar-refractivity contribution >= 4 is 17.5 Å². The molecule has 1 atom stereocenters. The Kier molecular flexibility index (Phi) is 4.12. The first-order valence-corrected chi connectivity index (χ1v) is 7.44. The zero-order valence-corrected chi connectivity index (χ0v) is 12.4. The first-order chi connectivity index (χ1) is 10.5. The maximum atomic E-state index is 13.7. The van der Waals surface area contributed by atoms with Crippen molar-refractivity contribution in [2.24, 2.45) is 5.92 Å². The molecule has 0 radical (unpaired) electrons. The highest BCUT2D eigenvalue weighted by atomic mass is 35.5. The van der Waals surface area contributed by atoms with Gasteiger partial charge in [0.2, 0.25) is 0 Å². The number of halogens is 3. The van der Waals surface area contributed by atoms with Gasteiger partial charge in [0.25, 0.3) is 5.91 Å². The summed E-state index contributed by atoms with van der Waals surface area (Å²) in [7, 11) is 0. The lowest BCUT2D eigenvalue weighted by Gasteiger charge is -2.19. The van der Waals surface area contributed by atoms with Crippen LogP contribution in [0.15, 0.2) is 42.5 Å². The van der Waals surface area contributed by atoms with Gasteiger partial charge in [-0.25, -0.2) is 8.78 Å². The molecular weight excluding hydrogens is 308 g/mol. The molecule has 1 aliphatic carbocycles. The van der Waals surface area contributed by atoms with E-state index in [4.69, 9.17) is 11.6 Å². The van der Waals surface area contributed by atoms with Crippen LogP contribution < -0.4 is 5.32 Å². The van der Waals surface area contributed by atoms with E-state index in [-0.39, 0.29) is 11.6 Å². The summed E-state index contributed by atoms with van der Waals surface area (Å²) in [5, 5.41) is 3.47. The highest BCUT2D eigenvalue weighted by Crippen LogP contribution is 2.41. The number of benzene rings is 2. The predicted molar refractivity (Wildman–Crippen MR) is 80.7 cm³/mol. The van der Waals surface area contributed by atoms with Gasteiger partial charge in [0.15, 0.2) is 0 Å². The van der Waals surface area contributed by atoms with E-state index < -0.39 is 17.5 Å². The summed E-state index contributed by atoms with van der Waals surface area (Å²) in [6.45, 7) is 0.